The highest BCUT2D eigenvalue weighted by molar-refractivity contribution is 5.88. The van der Waals surface area contributed by atoms with E-state index in [4.69, 9.17) is 9.47 Å². The summed E-state index contributed by atoms with van der Waals surface area (Å²) in [5.41, 5.74) is 2.88. The van der Waals surface area contributed by atoms with Crippen LogP contribution in [-0.2, 0) is 4.74 Å². The minimum Gasteiger partial charge on any atom is -0.477 e. The number of aromatic nitrogens is 5. The number of nitrogens with one attached hydrogen (secondary N) is 2. The van der Waals surface area contributed by atoms with E-state index in [9.17, 15) is 5.26 Å². The van der Waals surface area contributed by atoms with Crippen LogP contribution in [0.25, 0.3) is 11.0 Å². The summed E-state index contributed by atoms with van der Waals surface area (Å²) in [6.07, 6.45) is 5.31. The van der Waals surface area contributed by atoms with Crippen LogP contribution in [0.2, 0.25) is 0 Å². The van der Waals surface area contributed by atoms with E-state index in [0.29, 0.717) is 41.1 Å². The van der Waals surface area contributed by atoms with Crippen molar-refractivity contribution in [1.82, 2.24) is 24.7 Å². The number of ether oxygens (including phenoxy) is 2. The van der Waals surface area contributed by atoms with Gasteiger partial charge in [0.2, 0.25) is 11.8 Å². The molecule has 0 aromatic carbocycles. The molecule has 2 N–H and O–H groups in total. The van der Waals surface area contributed by atoms with Crippen molar-refractivity contribution >= 4 is 22.7 Å². The molecule has 1 saturated heterocycles. The molecule has 9 heteroatoms. The molecule has 0 radical (unpaired) electrons. The molecule has 1 aliphatic heterocycles. The van der Waals surface area contributed by atoms with Crippen LogP contribution >= 0.6 is 0 Å². The normalized spacial score (nSPS) is 15.0. The van der Waals surface area contributed by atoms with Gasteiger partial charge in [-0.25, -0.2) is 0 Å². The molecule has 4 rings (SSSR count). The fourth-order valence-electron chi connectivity index (χ4n) is 3.35. The number of hydrogen-bond acceptors (Lipinski definition) is 7. The van der Waals surface area contributed by atoms with Gasteiger partial charge in [0.05, 0.1) is 41.2 Å². The number of nitrogens with zero attached hydrogens (tertiary/aromatic N) is 5. The minimum absolute atomic E-state index is 0.346. The fraction of sp³-hybridized carbons (Fsp3) is 0.444. The van der Waals surface area contributed by atoms with Crippen molar-refractivity contribution in [1.29, 1.82) is 5.26 Å². The van der Waals surface area contributed by atoms with Crippen molar-refractivity contribution in [3.63, 3.8) is 0 Å². The number of rotatable bonds is 5. The van der Waals surface area contributed by atoms with Gasteiger partial charge in [0.15, 0.2) is 0 Å². The average molecular weight is 367 g/mol. The minimum atomic E-state index is 0.346. The Morgan fingerprint density at radius 2 is 2.22 bits per heavy atom. The Bertz CT molecular complexity index is 995. The van der Waals surface area contributed by atoms with Crippen LogP contribution in [-0.4, -0.2) is 44.6 Å². The third-order valence-electron chi connectivity index (χ3n) is 4.73. The monoisotopic (exact) mass is 367 g/mol. The Morgan fingerprint density at radius 1 is 1.41 bits per heavy atom. The molecule has 140 valence electrons. The summed E-state index contributed by atoms with van der Waals surface area (Å²) in [7, 11) is 0. The van der Waals surface area contributed by atoms with E-state index in [1.54, 1.807) is 12.4 Å². The standard InChI is InChI=1S/C18H21N7O2/c1-3-27-17-15-12(8-19)9-20-16(15)23-18(24-17)22-14-10-21-25(11(14)2)13-4-6-26-7-5-13/h9-10,13H,3-7H2,1-2H3,(H2,20,22,23,24). The third-order valence-corrected chi connectivity index (χ3v) is 4.73. The number of nitriles is 1. The topological polar surface area (TPSA) is 114 Å². The fourth-order valence-corrected chi connectivity index (χ4v) is 3.35. The maximum atomic E-state index is 9.27. The molecule has 3 aromatic heterocycles. The van der Waals surface area contributed by atoms with E-state index in [1.165, 1.54) is 0 Å². The summed E-state index contributed by atoms with van der Waals surface area (Å²) in [5, 5.41) is 17.6. The van der Waals surface area contributed by atoms with E-state index in [1.807, 2.05) is 18.5 Å². The lowest BCUT2D eigenvalue weighted by molar-refractivity contribution is 0.0657. The Labute approximate surface area is 156 Å². The first-order chi connectivity index (χ1) is 13.2. The average Bonchev–Trinajstić information content (AvgIpc) is 3.27. The molecule has 1 aliphatic rings. The van der Waals surface area contributed by atoms with Crippen LogP contribution < -0.4 is 10.1 Å². The molecular weight excluding hydrogens is 346 g/mol. The first-order valence-electron chi connectivity index (χ1n) is 9.02. The van der Waals surface area contributed by atoms with Gasteiger partial charge in [-0.05, 0) is 26.7 Å². The predicted molar refractivity (Wildman–Crippen MR) is 99.1 cm³/mol. The van der Waals surface area contributed by atoms with E-state index in [0.717, 1.165) is 37.4 Å². The van der Waals surface area contributed by atoms with Crippen LogP contribution in [0.4, 0.5) is 11.6 Å². The second-order valence-corrected chi connectivity index (χ2v) is 6.38. The molecule has 0 bridgehead atoms. The largest absolute Gasteiger partial charge is 0.477 e. The van der Waals surface area contributed by atoms with Gasteiger partial charge in [-0.1, -0.05) is 0 Å². The highest BCUT2D eigenvalue weighted by Gasteiger charge is 2.20. The maximum Gasteiger partial charge on any atom is 0.232 e. The summed E-state index contributed by atoms with van der Waals surface area (Å²) >= 11 is 0. The van der Waals surface area contributed by atoms with Gasteiger partial charge < -0.3 is 19.8 Å². The summed E-state index contributed by atoms with van der Waals surface area (Å²) in [6.45, 7) is 5.87. The summed E-state index contributed by atoms with van der Waals surface area (Å²) in [4.78, 5) is 11.9. The molecule has 0 aliphatic carbocycles. The SMILES string of the molecule is CCOc1nc(Nc2cnn(C3CCOCC3)c2C)nc2[nH]cc(C#N)c12. The van der Waals surface area contributed by atoms with Crippen molar-refractivity contribution < 1.29 is 9.47 Å². The predicted octanol–water partition coefficient (Wildman–Crippen LogP) is 2.83. The van der Waals surface area contributed by atoms with Gasteiger partial charge in [0.25, 0.3) is 0 Å². The van der Waals surface area contributed by atoms with Gasteiger partial charge in [-0.3, -0.25) is 4.68 Å². The Balaban J connectivity index is 1.66. The Morgan fingerprint density at radius 3 is 2.96 bits per heavy atom. The molecule has 27 heavy (non-hydrogen) atoms. The van der Waals surface area contributed by atoms with Crippen molar-refractivity contribution in [3.05, 3.63) is 23.7 Å². The highest BCUT2D eigenvalue weighted by atomic mass is 16.5. The first kappa shape index (κ1) is 17.3. The smallest absolute Gasteiger partial charge is 0.232 e. The zero-order chi connectivity index (χ0) is 18.8. The van der Waals surface area contributed by atoms with Crippen LogP contribution in [0.1, 0.15) is 37.1 Å². The molecule has 3 aromatic rings. The van der Waals surface area contributed by atoms with E-state index < -0.39 is 0 Å². The van der Waals surface area contributed by atoms with Crippen LogP contribution in [0.15, 0.2) is 12.4 Å². The van der Waals surface area contributed by atoms with Gasteiger partial charge in [-0.2, -0.15) is 20.3 Å². The molecular formula is C18H21N7O2. The zero-order valence-electron chi connectivity index (χ0n) is 15.3. The number of aromatic amines is 1. The third kappa shape index (κ3) is 3.19. The summed E-state index contributed by atoms with van der Waals surface area (Å²) in [5.74, 6) is 0.782. The van der Waals surface area contributed by atoms with Crippen LogP contribution in [0, 0.1) is 18.3 Å². The number of fused-ring (bicyclic) bond motifs is 1. The van der Waals surface area contributed by atoms with Crippen LogP contribution in [0.5, 0.6) is 5.88 Å². The van der Waals surface area contributed by atoms with Gasteiger partial charge in [0, 0.05) is 19.4 Å². The van der Waals surface area contributed by atoms with Gasteiger partial charge >= 0.3 is 0 Å². The van der Waals surface area contributed by atoms with Crippen molar-refractivity contribution in [2.45, 2.75) is 32.7 Å². The molecule has 0 saturated carbocycles. The van der Waals surface area contributed by atoms with Crippen molar-refractivity contribution in [2.24, 2.45) is 0 Å². The second kappa shape index (κ2) is 7.25. The molecule has 1 fully saturated rings. The number of anilines is 2. The summed E-state index contributed by atoms with van der Waals surface area (Å²) < 4.78 is 13.1. The summed E-state index contributed by atoms with van der Waals surface area (Å²) in [6, 6.07) is 2.48. The maximum absolute atomic E-state index is 9.27. The molecule has 0 unspecified atom stereocenters. The second-order valence-electron chi connectivity index (χ2n) is 6.38. The molecule has 4 heterocycles. The van der Waals surface area contributed by atoms with E-state index >= 15 is 0 Å². The zero-order valence-corrected chi connectivity index (χ0v) is 15.3. The van der Waals surface area contributed by atoms with Crippen molar-refractivity contribution in [2.75, 3.05) is 25.1 Å². The molecule has 0 amide bonds. The first-order valence-corrected chi connectivity index (χ1v) is 9.02. The van der Waals surface area contributed by atoms with E-state index in [2.05, 4.69) is 31.4 Å². The molecule has 0 atom stereocenters. The lowest BCUT2D eigenvalue weighted by Crippen LogP contribution is -2.21. The van der Waals surface area contributed by atoms with Crippen LogP contribution in [0.3, 0.4) is 0 Å². The number of hydrogen-bond donors (Lipinski definition) is 2. The lowest BCUT2D eigenvalue weighted by Gasteiger charge is -2.23. The molecule has 9 nitrogen and oxygen atoms in total. The van der Waals surface area contributed by atoms with E-state index in [-0.39, 0.29) is 0 Å². The van der Waals surface area contributed by atoms with Crippen molar-refractivity contribution in [3.8, 4) is 11.9 Å². The van der Waals surface area contributed by atoms with Gasteiger partial charge in [-0.15, -0.1) is 0 Å². The number of H-pyrrole nitrogens is 1. The highest BCUT2D eigenvalue weighted by Crippen LogP contribution is 2.30. The van der Waals surface area contributed by atoms with Gasteiger partial charge in [0.1, 0.15) is 11.7 Å². The molecule has 0 spiro atoms. The Kier molecular flexibility index (Phi) is 4.64. The Hall–Kier alpha value is -3.12. The quantitative estimate of drug-likeness (QED) is 0.712. The lowest BCUT2D eigenvalue weighted by atomic mass is 10.1.